The van der Waals surface area contributed by atoms with Gasteiger partial charge in [-0.15, -0.1) is 0 Å². The zero-order chi connectivity index (χ0) is 26.6. The van der Waals surface area contributed by atoms with Gasteiger partial charge < -0.3 is 5.32 Å². The minimum absolute atomic E-state index is 0.0286. The second-order valence-electron chi connectivity index (χ2n) is 13.2. The molecule has 5 heteroatoms. The monoisotopic (exact) mass is 525 g/mol. The summed E-state index contributed by atoms with van der Waals surface area (Å²) in [5.74, 6) is 2.58. The Kier molecular flexibility index (Phi) is 6.36. The summed E-state index contributed by atoms with van der Waals surface area (Å²) in [5, 5.41) is 8.45. The molecule has 0 saturated heterocycles. The summed E-state index contributed by atoms with van der Waals surface area (Å²) >= 11 is 0. The summed E-state index contributed by atoms with van der Waals surface area (Å²) in [6.45, 7) is 2.25. The van der Waals surface area contributed by atoms with Gasteiger partial charge in [-0.3, -0.25) is 4.79 Å². The van der Waals surface area contributed by atoms with E-state index >= 15 is 0 Å². The van der Waals surface area contributed by atoms with Gasteiger partial charge in [-0.1, -0.05) is 30.3 Å². The average Bonchev–Trinajstić information content (AvgIpc) is 3.33. The number of carbonyl (C=O) groups is 1. The van der Waals surface area contributed by atoms with Gasteiger partial charge in [0.1, 0.15) is 5.82 Å². The van der Waals surface area contributed by atoms with Crippen LogP contribution in [0.3, 0.4) is 0 Å². The smallest absolute Gasteiger partial charge is 0.272 e. The first-order valence-corrected chi connectivity index (χ1v) is 15.2. The van der Waals surface area contributed by atoms with Crippen LogP contribution < -0.4 is 5.32 Å². The molecule has 4 nitrogen and oxygen atoms in total. The highest BCUT2D eigenvalue weighted by Gasteiger charge is 2.53. The number of fused-ring (bicyclic) bond motifs is 1. The molecule has 1 N–H and O–H groups in total. The molecule has 1 aromatic heterocycles. The van der Waals surface area contributed by atoms with Crippen molar-refractivity contribution in [3.8, 4) is 5.69 Å². The minimum atomic E-state index is -0.261. The maximum atomic E-state index is 14.0. The van der Waals surface area contributed by atoms with Crippen molar-refractivity contribution in [2.75, 3.05) is 0 Å². The van der Waals surface area contributed by atoms with E-state index in [1.54, 1.807) is 12.1 Å². The molecule has 0 aliphatic heterocycles. The average molecular weight is 526 g/mol. The predicted molar refractivity (Wildman–Crippen MR) is 151 cm³/mol. The number of aromatic nitrogens is 2. The third-order valence-electron chi connectivity index (χ3n) is 10.7. The highest BCUT2D eigenvalue weighted by atomic mass is 19.1. The summed E-state index contributed by atoms with van der Waals surface area (Å²) in [7, 11) is 0. The van der Waals surface area contributed by atoms with Crippen LogP contribution in [0.5, 0.6) is 0 Å². The molecule has 0 radical (unpaired) electrons. The van der Waals surface area contributed by atoms with Gasteiger partial charge in [0.2, 0.25) is 0 Å². The Morgan fingerprint density at radius 1 is 1.03 bits per heavy atom. The van der Waals surface area contributed by atoms with Gasteiger partial charge in [-0.25, -0.2) is 9.07 Å². The molecule has 204 valence electrons. The number of amides is 1. The largest absolute Gasteiger partial charge is 0.348 e. The van der Waals surface area contributed by atoms with Crippen LogP contribution in [0.25, 0.3) is 5.69 Å². The molecule has 0 spiro atoms. The number of halogens is 1. The summed E-state index contributed by atoms with van der Waals surface area (Å²) in [6.07, 6.45) is 13.0. The third-order valence-corrected chi connectivity index (χ3v) is 10.7. The normalized spacial score (nSPS) is 29.7. The SMILES string of the molecule is CC(NC(=O)c1nn(-c2ccc(F)cc2)c2c1CCCC2CCc1ccccc1)C12CC3CC(CC(C3)C1)C2. The van der Waals surface area contributed by atoms with E-state index in [1.807, 2.05) is 4.68 Å². The van der Waals surface area contributed by atoms with Crippen LogP contribution in [0.2, 0.25) is 0 Å². The van der Waals surface area contributed by atoms with E-state index in [4.69, 9.17) is 5.10 Å². The third kappa shape index (κ3) is 4.62. The van der Waals surface area contributed by atoms with Crippen molar-refractivity contribution in [3.63, 3.8) is 0 Å². The van der Waals surface area contributed by atoms with E-state index in [9.17, 15) is 9.18 Å². The van der Waals surface area contributed by atoms with Gasteiger partial charge in [0.25, 0.3) is 5.91 Å². The van der Waals surface area contributed by atoms with Crippen molar-refractivity contribution < 1.29 is 9.18 Å². The molecule has 1 amide bonds. The second kappa shape index (κ2) is 9.91. The minimum Gasteiger partial charge on any atom is -0.348 e. The summed E-state index contributed by atoms with van der Waals surface area (Å²) in [4.78, 5) is 14.0. The van der Waals surface area contributed by atoms with Crippen molar-refractivity contribution in [1.82, 2.24) is 15.1 Å². The molecule has 3 aromatic rings. The molecule has 2 aromatic carbocycles. The van der Waals surface area contributed by atoms with Gasteiger partial charge in [0, 0.05) is 17.5 Å². The van der Waals surface area contributed by atoms with E-state index in [-0.39, 0.29) is 23.2 Å². The molecule has 2 atom stereocenters. The molecule has 4 saturated carbocycles. The number of rotatable bonds is 7. The van der Waals surface area contributed by atoms with Gasteiger partial charge in [0.15, 0.2) is 5.69 Å². The Morgan fingerprint density at radius 2 is 1.69 bits per heavy atom. The zero-order valence-electron chi connectivity index (χ0n) is 23.0. The Bertz CT molecular complexity index is 1310. The summed E-state index contributed by atoms with van der Waals surface area (Å²) in [5.41, 5.74) is 5.24. The number of carbonyl (C=O) groups excluding carboxylic acids is 1. The van der Waals surface area contributed by atoms with Crippen molar-refractivity contribution in [1.29, 1.82) is 0 Å². The molecular weight excluding hydrogens is 485 g/mol. The van der Waals surface area contributed by atoms with Crippen LogP contribution in [0.15, 0.2) is 54.6 Å². The second-order valence-corrected chi connectivity index (χ2v) is 13.2. The number of hydrogen-bond acceptors (Lipinski definition) is 2. The molecule has 39 heavy (non-hydrogen) atoms. The van der Waals surface area contributed by atoms with Gasteiger partial charge in [0.05, 0.1) is 11.4 Å². The van der Waals surface area contributed by atoms with Gasteiger partial charge in [-0.2, -0.15) is 5.10 Å². The van der Waals surface area contributed by atoms with Gasteiger partial charge >= 0.3 is 0 Å². The van der Waals surface area contributed by atoms with Crippen LogP contribution >= 0.6 is 0 Å². The van der Waals surface area contributed by atoms with Crippen LogP contribution in [0.1, 0.15) is 97.9 Å². The Hall–Kier alpha value is -2.95. The fraction of sp³-hybridized carbons (Fsp3) is 0.529. The number of nitrogens with zero attached hydrogens (tertiary/aromatic N) is 2. The molecule has 4 fully saturated rings. The summed E-state index contributed by atoms with van der Waals surface area (Å²) < 4.78 is 15.8. The molecule has 5 aliphatic rings. The molecule has 4 bridgehead atoms. The number of hydrogen-bond donors (Lipinski definition) is 1. The molecule has 5 aliphatic carbocycles. The van der Waals surface area contributed by atoms with E-state index in [1.165, 1.54) is 56.2 Å². The first-order chi connectivity index (χ1) is 19.0. The molecule has 8 rings (SSSR count). The predicted octanol–water partition coefficient (Wildman–Crippen LogP) is 7.40. The van der Waals surface area contributed by atoms with Crippen molar-refractivity contribution in [3.05, 3.63) is 82.9 Å². The van der Waals surface area contributed by atoms with E-state index in [0.29, 0.717) is 11.6 Å². The zero-order valence-corrected chi connectivity index (χ0v) is 23.0. The lowest BCUT2D eigenvalue weighted by atomic mass is 9.48. The standard InChI is InChI=1S/C34H40FN3O/c1-22(34-19-24-16-25(20-34)18-26(17-24)21-34)36-33(39)31-30-9-5-8-27(11-10-23-6-3-2-4-7-23)32(30)38(37-31)29-14-12-28(35)13-15-29/h2-4,6-7,12-15,22,24-27H,5,8-11,16-21H2,1H3,(H,36,39). The topological polar surface area (TPSA) is 46.9 Å². The van der Waals surface area contributed by atoms with Crippen LogP contribution in [0, 0.1) is 29.0 Å². The highest BCUT2D eigenvalue weighted by molar-refractivity contribution is 5.94. The van der Waals surface area contributed by atoms with E-state index < -0.39 is 0 Å². The first kappa shape index (κ1) is 25.0. The summed E-state index contributed by atoms with van der Waals surface area (Å²) in [6, 6.07) is 17.3. The molecule has 2 unspecified atom stereocenters. The Labute approximate surface area is 231 Å². The quantitative estimate of drug-likeness (QED) is 0.349. The van der Waals surface area contributed by atoms with E-state index in [0.717, 1.165) is 66.8 Å². The maximum absolute atomic E-state index is 14.0. The fourth-order valence-electron chi connectivity index (χ4n) is 9.15. The lowest BCUT2D eigenvalue weighted by Gasteiger charge is -2.59. The maximum Gasteiger partial charge on any atom is 0.272 e. The lowest BCUT2D eigenvalue weighted by Crippen LogP contribution is -2.55. The Morgan fingerprint density at radius 3 is 2.36 bits per heavy atom. The van der Waals surface area contributed by atoms with Crippen LogP contribution in [-0.2, 0) is 12.8 Å². The number of aryl methyl sites for hydroxylation is 1. The first-order valence-electron chi connectivity index (χ1n) is 15.2. The lowest BCUT2D eigenvalue weighted by molar-refractivity contribution is -0.0688. The highest BCUT2D eigenvalue weighted by Crippen LogP contribution is 2.61. The number of benzene rings is 2. The van der Waals surface area contributed by atoms with E-state index in [2.05, 4.69) is 42.6 Å². The number of nitrogens with one attached hydrogen (secondary N) is 1. The Balaban J connectivity index is 1.19. The van der Waals surface area contributed by atoms with Crippen molar-refractivity contribution >= 4 is 5.91 Å². The van der Waals surface area contributed by atoms with Crippen LogP contribution in [0.4, 0.5) is 4.39 Å². The fourth-order valence-corrected chi connectivity index (χ4v) is 9.15. The van der Waals surface area contributed by atoms with Gasteiger partial charge in [-0.05, 0) is 131 Å². The molecule has 1 heterocycles. The molecular formula is C34H40FN3O. The van der Waals surface area contributed by atoms with Crippen molar-refractivity contribution in [2.45, 2.75) is 89.5 Å². The van der Waals surface area contributed by atoms with Crippen LogP contribution in [-0.4, -0.2) is 21.7 Å². The van der Waals surface area contributed by atoms with Crippen molar-refractivity contribution in [2.24, 2.45) is 23.2 Å².